The van der Waals surface area contributed by atoms with Crippen molar-refractivity contribution in [2.24, 2.45) is 13.0 Å². The highest BCUT2D eigenvalue weighted by Gasteiger charge is 2.19. The predicted octanol–water partition coefficient (Wildman–Crippen LogP) is 2.56. The molecule has 0 radical (unpaired) electrons. The zero-order chi connectivity index (χ0) is 12.3. The summed E-state index contributed by atoms with van der Waals surface area (Å²) in [5.74, 6) is 0.565. The molecule has 92 valence electrons. The van der Waals surface area contributed by atoms with Crippen molar-refractivity contribution in [1.29, 1.82) is 0 Å². The number of aryl methyl sites for hydroxylation is 2. The van der Waals surface area contributed by atoms with Crippen molar-refractivity contribution in [1.82, 2.24) is 15.1 Å². The number of hydrogen-bond acceptors (Lipinski definition) is 2. The fourth-order valence-electron chi connectivity index (χ4n) is 2.26. The van der Waals surface area contributed by atoms with Gasteiger partial charge in [-0.2, -0.15) is 5.10 Å². The molecular weight excluding hydrogens is 222 g/mol. The van der Waals surface area contributed by atoms with Crippen LogP contribution in [0.2, 0.25) is 5.15 Å². The van der Waals surface area contributed by atoms with Gasteiger partial charge in [0.1, 0.15) is 5.15 Å². The van der Waals surface area contributed by atoms with E-state index >= 15 is 0 Å². The molecule has 16 heavy (non-hydrogen) atoms. The molecule has 4 heteroatoms. The Morgan fingerprint density at radius 2 is 2.12 bits per heavy atom. The minimum Gasteiger partial charge on any atom is -0.317 e. The maximum Gasteiger partial charge on any atom is 0.130 e. The number of nitrogens with zero attached hydrogens (tertiary/aromatic N) is 2. The average Bonchev–Trinajstić information content (AvgIpc) is 2.47. The smallest absolute Gasteiger partial charge is 0.130 e. The van der Waals surface area contributed by atoms with Crippen LogP contribution in [0.25, 0.3) is 0 Å². The highest BCUT2D eigenvalue weighted by molar-refractivity contribution is 6.30. The molecule has 1 aromatic rings. The Labute approximate surface area is 103 Å². The van der Waals surface area contributed by atoms with Crippen molar-refractivity contribution >= 4 is 11.6 Å². The van der Waals surface area contributed by atoms with Crippen LogP contribution < -0.4 is 5.32 Å². The third kappa shape index (κ3) is 2.77. The summed E-state index contributed by atoms with van der Waals surface area (Å²) in [6, 6.07) is 0.538. The van der Waals surface area contributed by atoms with Gasteiger partial charge < -0.3 is 5.32 Å². The molecule has 1 aromatic heterocycles. The second-order valence-corrected chi connectivity index (χ2v) is 4.82. The van der Waals surface area contributed by atoms with Gasteiger partial charge in [0.25, 0.3) is 0 Å². The summed E-state index contributed by atoms with van der Waals surface area (Å²) in [5, 5.41) is 8.46. The van der Waals surface area contributed by atoms with Crippen molar-refractivity contribution in [3.63, 3.8) is 0 Å². The summed E-state index contributed by atoms with van der Waals surface area (Å²) in [6.45, 7) is 6.48. The molecule has 1 heterocycles. The number of halogens is 1. The van der Waals surface area contributed by atoms with Gasteiger partial charge in [0.05, 0.1) is 5.69 Å². The summed E-state index contributed by atoms with van der Waals surface area (Å²) in [4.78, 5) is 0. The van der Waals surface area contributed by atoms with E-state index in [1.807, 2.05) is 21.0 Å². The molecule has 2 unspecified atom stereocenters. The van der Waals surface area contributed by atoms with E-state index in [1.165, 1.54) is 5.56 Å². The lowest BCUT2D eigenvalue weighted by Crippen LogP contribution is -2.32. The number of hydrogen-bond donors (Lipinski definition) is 1. The molecule has 0 aliphatic rings. The highest BCUT2D eigenvalue weighted by atomic mass is 35.5. The normalized spacial score (nSPS) is 15.1. The highest BCUT2D eigenvalue weighted by Crippen LogP contribution is 2.23. The lowest BCUT2D eigenvalue weighted by molar-refractivity contribution is 0.386. The minimum absolute atomic E-state index is 0.538. The first-order valence-electron chi connectivity index (χ1n) is 5.86. The summed E-state index contributed by atoms with van der Waals surface area (Å²) in [5.41, 5.74) is 2.23. The Morgan fingerprint density at radius 3 is 2.50 bits per heavy atom. The fraction of sp³-hybridized carbons (Fsp3) is 0.750. The van der Waals surface area contributed by atoms with E-state index in [9.17, 15) is 0 Å². The summed E-state index contributed by atoms with van der Waals surface area (Å²) >= 11 is 6.23. The van der Waals surface area contributed by atoms with Gasteiger partial charge in [-0.3, -0.25) is 4.68 Å². The van der Waals surface area contributed by atoms with Crippen LogP contribution in [-0.2, 0) is 13.5 Å². The molecule has 2 atom stereocenters. The van der Waals surface area contributed by atoms with E-state index < -0.39 is 0 Å². The van der Waals surface area contributed by atoms with E-state index in [1.54, 1.807) is 4.68 Å². The van der Waals surface area contributed by atoms with Crippen LogP contribution >= 0.6 is 11.6 Å². The molecule has 0 saturated carbocycles. The summed E-state index contributed by atoms with van der Waals surface area (Å²) in [6.07, 6.45) is 2.12. The molecule has 0 spiro atoms. The standard InChI is InChI=1S/C12H22ClN3/c1-6-11(14-4)8(2)7-10-9(3)15-16(5)12(10)13/h8,11,14H,6-7H2,1-5H3. The SMILES string of the molecule is CCC(NC)C(C)Cc1c(C)nn(C)c1Cl. The van der Waals surface area contributed by atoms with Crippen LogP contribution in [0.5, 0.6) is 0 Å². The third-order valence-corrected chi connectivity index (χ3v) is 3.77. The van der Waals surface area contributed by atoms with Gasteiger partial charge in [-0.25, -0.2) is 0 Å². The molecular formula is C12H22ClN3. The zero-order valence-corrected chi connectivity index (χ0v) is 11.6. The van der Waals surface area contributed by atoms with Crippen LogP contribution in [0, 0.1) is 12.8 Å². The Balaban J connectivity index is 2.80. The molecule has 0 aromatic carbocycles. The predicted molar refractivity (Wildman–Crippen MR) is 69.0 cm³/mol. The quantitative estimate of drug-likeness (QED) is 0.862. The van der Waals surface area contributed by atoms with Crippen LogP contribution in [0.4, 0.5) is 0 Å². The van der Waals surface area contributed by atoms with Crippen molar-refractivity contribution in [2.75, 3.05) is 7.05 Å². The van der Waals surface area contributed by atoms with Crippen molar-refractivity contribution in [3.8, 4) is 0 Å². The second-order valence-electron chi connectivity index (χ2n) is 4.46. The number of aromatic nitrogens is 2. The van der Waals surface area contributed by atoms with Crippen LogP contribution in [0.15, 0.2) is 0 Å². The monoisotopic (exact) mass is 243 g/mol. The molecule has 0 saturated heterocycles. The molecule has 0 fully saturated rings. The van der Waals surface area contributed by atoms with Gasteiger partial charge in [-0.1, -0.05) is 25.4 Å². The molecule has 0 aliphatic carbocycles. The van der Waals surface area contributed by atoms with E-state index in [4.69, 9.17) is 11.6 Å². The van der Waals surface area contributed by atoms with Gasteiger partial charge in [-0.15, -0.1) is 0 Å². The van der Waals surface area contributed by atoms with Crippen molar-refractivity contribution < 1.29 is 0 Å². The number of rotatable bonds is 5. The molecule has 3 nitrogen and oxygen atoms in total. The summed E-state index contributed by atoms with van der Waals surface area (Å²) < 4.78 is 1.75. The van der Waals surface area contributed by atoms with E-state index in [2.05, 4.69) is 24.3 Å². The second kappa shape index (κ2) is 5.69. The van der Waals surface area contributed by atoms with Gasteiger partial charge in [0.2, 0.25) is 0 Å². The largest absolute Gasteiger partial charge is 0.317 e. The topological polar surface area (TPSA) is 29.9 Å². The first-order valence-corrected chi connectivity index (χ1v) is 6.24. The first kappa shape index (κ1) is 13.5. The number of nitrogens with one attached hydrogen (secondary N) is 1. The average molecular weight is 244 g/mol. The van der Waals surface area contributed by atoms with Crippen molar-refractivity contribution in [2.45, 2.75) is 39.7 Å². The molecule has 1 N–H and O–H groups in total. The van der Waals surface area contributed by atoms with Gasteiger partial charge >= 0.3 is 0 Å². The first-order chi connectivity index (χ1) is 7.51. The maximum atomic E-state index is 6.23. The molecule has 0 aliphatic heterocycles. The van der Waals surface area contributed by atoms with E-state index in [0.29, 0.717) is 12.0 Å². The van der Waals surface area contributed by atoms with Crippen molar-refractivity contribution in [3.05, 3.63) is 16.4 Å². The summed E-state index contributed by atoms with van der Waals surface area (Å²) in [7, 11) is 3.90. The lowest BCUT2D eigenvalue weighted by Gasteiger charge is -2.22. The molecule has 0 bridgehead atoms. The van der Waals surface area contributed by atoms with E-state index in [-0.39, 0.29) is 0 Å². The van der Waals surface area contributed by atoms with Crippen LogP contribution in [-0.4, -0.2) is 22.9 Å². The Bertz CT molecular complexity index is 342. The molecule has 1 rings (SSSR count). The fourth-order valence-corrected chi connectivity index (χ4v) is 2.51. The van der Waals surface area contributed by atoms with Gasteiger partial charge in [0.15, 0.2) is 0 Å². The van der Waals surface area contributed by atoms with Gasteiger partial charge in [-0.05, 0) is 32.7 Å². The maximum absolute atomic E-state index is 6.23. The zero-order valence-electron chi connectivity index (χ0n) is 10.8. The van der Waals surface area contributed by atoms with Crippen LogP contribution in [0.1, 0.15) is 31.5 Å². The Hall–Kier alpha value is -0.540. The van der Waals surface area contributed by atoms with Gasteiger partial charge in [0, 0.05) is 18.7 Å². The third-order valence-electron chi connectivity index (χ3n) is 3.29. The Kier molecular flexibility index (Phi) is 4.81. The van der Waals surface area contributed by atoms with Crippen LogP contribution in [0.3, 0.4) is 0 Å². The van der Waals surface area contributed by atoms with E-state index in [0.717, 1.165) is 23.7 Å². The lowest BCUT2D eigenvalue weighted by atomic mass is 9.93. The molecule has 0 amide bonds. The Morgan fingerprint density at radius 1 is 1.50 bits per heavy atom. The minimum atomic E-state index is 0.538.